The van der Waals surface area contributed by atoms with E-state index in [1.165, 1.54) is 6.07 Å². The first-order valence-corrected chi connectivity index (χ1v) is 6.27. The van der Waals surface area contributed by atoms with Gasteiger partial charge in [0.1, 0.15) is 18.2 Å². The monoisotopic (exact) mass is 276 g/mol. The summed E-state index contributed by atoms with van der Waals surface area (Å²) in [6.07, 6.45) is 1.16. The zero-order chi connectivity index (χ0) is 14.4. The maximum atomic E-state index is 13.2. The second kappa shape index (κ2) is 6.86. The standard InChI is InChI=1S/C15H17FN2O2/c1-17-8-12-7-13(16)9-18-15(12)20-10-11-3-5-14(19-2)6-4-11/h3-7,9,17H,8,10H2,1-2H3. The Kier molecular flexibility index (Phi) is 4.90. The largest absolute Gasteiger partial charge is 0.497 e. The second-order valence-electron chi connectivity index (χ2n) is 4.28. The van der Waals surface area contributed by atoms with Crippen molar-refractivity contribution in [3.63, 3.8) is 0 Å². The average Bonchev–Trinajstić information content (AvgIpc) is 2.47. The molecular weight excluding hydrogens is 259 g/mol. The lowest BCUT2D eigenvalue weighted by atomic mass is 10.2. The highest BCUT2D eigenvalue weighted by Crippen LogP contribution is 2.18. The van der Waals surface area contributed by atoms with E-state index in [-0.39, 0.29) is 5.82 Å². The van der Waals surface area contributed by atoms with Crippen molar-refractivity contribution in [3.05, 3.63) is 53.5 Å². The van der Waals surface area contributed by atoms with Crippen LogP contribution in [0.3, 0.4) is 0 Å². The van der Waals surface area contributed by atoms with E-state index >= 15 is 0 Å². The van der Waals surface area contributed by atoms with Crippen molar-refractivity contribution in [1.29, 1.82) is 0 Å². The Hall–Kier alpha value is -2.14. The molecule has 0 aliphatic heterocycles. The number of aromatic nitrogens is 1. The van der Waals surface area contributed by atoms with E-state index in [4.69, 9.17) is 9.47 Å². The Morgan fingerprint density at radius 1 is 1.25 bits per heavy atom. The first-order chi connectivity index (χ1) is 9.72. The minimum Gasteiger partial charge on any atom is -0.497 e. The highest BCUT2D eigenvalue weighted by Gasteiger charge is 2.07. The smallest absolute Gasteiger partial charge is 0.218 e. The fraction of sp³-hybridized carbons (Fsp3) is 0.267. The predicted molar refractivity (Wildman–Crippen MR) is 74.3 cm³/mol. The highest BCUT2D eigenvalue weighted by atomic mass is 19.1. The first kappa shape index (κ1) is 14.3. The number of halogens is 1. The summed E-state index contributed by atoms with van der Waals surface area (Å²) in [7, 11) is 3.41. The zero-order valence-corrected chi connectivity index (χ0v) is 11.5. The molecule has 0 radical (unpaired) electrons. The molecular formula is C15H17FN2O2. The summed E-state index contributed by atoms with van der Waals surface area (Å²) < 4.78 is 23.9. The van der Waals surface area contributed by atoms with Crippen LogP contribution in [0.5, 0.6) is 11.6 Å². The number of pyridine rings is 1. The summed E-state index contributed by atoms with van der Waals surface area (Å²) in [6.45, 7) is 0.877. The second-order valence-corrected chi connectivity index (χ2v) is 4.28. The van der Waals surface area contributed by atoms with E-state index in [0.717, 1.165) is 17.5 Å². The van der Waals surface area contributed by atoms with Crippen molar-refractivity contribution in [2.45, 2.75) is 13.2 Å². The molecule has 2 rings (SSSR count). The molecule has 0 unspecified atom stereocenters. The normalized spacial score (nSPS) is 10.3. The molecule has 1 heterocycles. The van der Waals surface area contributed by atoms with E-state index in [1.54, 1.807) is 14.2 Å². The van der Waals surface area contributed by atoms with Crippen LogP contribution in [-0.4, -0.2) is 19.1 Å². The minimum absolute atomic E-state index is 0.368. The fourth-order valence-corrected chi connectivity index (χ4v) is 1.79. The van der Waals surface area contributed by atoms with Gasteiger partial charge in [-0.25, -0.2) is 9.37 Å². The minimum atomic E-state index is -0.368. The molecule has 1 aromatic heterocycles. The van der Waals surface area contributed by atoms with Gasteiger partial charge in [0.25, 0.3) is 0 Å². The summed E-state index contributed by atoms with van der Waals surface area (Å²) in [5.41, 5.74) is 1.69. The van der Waals surface area contributed by atoms with Crippen LogP contribution in [0, 0.1) is 5.82 Å². The lowest BCUT2D eigenvalue weighted by Crippen LogP contribution is -2.09. The lowest BCUT2D eigenvalue weighted by molar-refractivity contribution is 0.288. The lowest BCUT2D eigenvalue weighted by Gasteiger charge is -2.10. The summed E-state index contributed by atoms with van der Waals surface area (Å²) >= 11 is 0. The number of nitrogens with zero attached hydrogens (tertiary/aromatic N) is 1. The molecule has 20 heavy (non-hydrogen) atoms. The first-order valence-electron chi connectivity index (χ1n) is 6.27. The molecule has 0 amide bonds. The summed E-state index contributed by atoms with van der Waals surface area (Å²) in [5.74, 6) is 0.869. The number of hydrogen-bond acceptors (Lipinski definition) is 4. The van der Waals surface area contributed by atoms with Crippen molar-refractivity contribution in [3.8, 4) is 11.6 Å². The molecule has 106 valence electrons. The van der Waals surface area contributed by atoms with E-state index < -0.39 is 0 Å². The van der Waals surface area contributed by atoms with Crippen molar-refractivity contribution < 1.29 is 13.9 Å². The molecule has 1 aromatic carbocycles. The van der Waals surface area contributed by atoms with Gasteiger partial charge in [0.05, 0.1) is 13.3 Å². The van der Waals surface area contributed by atoms with Crippen molar-refractivity contribution in [2.75, 3.05) is 14.2 Å². The van der Waals surface area contributed by atoms with Crippen LogP contribution in [-0.2, 0) is 13.2 Å². The van der Waals surface area contributed by atoms with Gasteiger partial charge < -0.3 is 14.8 Å². The van der Waals surface area contributed by atoms with Gasteiger partial charge >= 0.3 is 0 Å². The molecule has 0 aliphatic carbocycles. The van der Waals surface area contributed by atoms with Crippen LogP contribution < -0.4 is 14.8 Å². The third kappa shape index (κ3) is 3.68. The van der Waals surface area contributed by atoms with Gasteiger partial charge in [0, 0.05) is 12.1 Å². The molecule has 2 aromatic rings. The van der Waals surface area contributed by atoms with Crippen molar-refractivity contribution >= 4 is 0 Å². The maximum absolute atomic E-state index is 13.2. The van der Waals surface area contributed by atoms with Crippen molar-refractivity contribution in [2.24, 2.45) is 0 Å². The molecule has 0 fully saturated rings. The number of benzene rings is 1. The van der Waals surface area contributed by atoms with Crippen LogP contribution in [0.2, 0.25) is 0 Å². The van der Waals surface area contributed by atoms with Crippen LogP contribution in [0.4, 0.5) is 4.39 Å². The number of methoxy groups -OCH3 is 1. The van der Waals surface area contributed by atoms with Crippen LogP contribution >= 0.6 is 0 Å². The Morgan fingerprint density at radius 2 is 2.00 bits per heavy atom. The Bertz CT molecular complexity index is 558. The third-order valence-corrected chi connectivity index (χ3v) is 2.79. The van der Waals surface area contributed by atoms with E-state index in [0.29, 0.717) is 24.6 Å². The number of rotatable bonds is 6. The molecule has 0 saturated carbocycles. The quantitative estimate of drug-likeness (QED) is 0.880. The van der Waals surface area contributed by atoms with Gasteiger partial charge in [-0.2, -0.15) is 0 Å². The molecule has 0 atom stereocenters. The highest BCUT2D eigenvalue weighted by molar-refractivity contribution is 5.29. The maximum Gasteiger partial charge on any atom is 0.218 e. The molecule has 0 bridgehead atoms. The summed E-state index contributed by atoms with van der Waals surface area (Å²) in [4.78, 5) is 3.98. The van der Waals surface area contributed by atoms with Gasteiger partial charge in [-0.05, 0) is 30.8 Å². The number of nitrogens with one attached hydrogen (secondary N) is 1. The van der Waals surface area contributed by atoms with Crippen LogP contribution in [0.1, 0.15) is 11.1 Å². The van der Waals surface area contributed by atoms with E-state index in [9.17, 15) is 4.39 Å². The molecule has 5 heteroatoms. The fourth-order valence-electron chi connectivity index (χ4n) is 1.79. The topological polar surface area (TPSA) is 43.4 Å². The Morgan fingerprint density at radius 3 is 2.65 bits per heavy atom. The van der Waals surface area contributed by atoms with Crippen molar-refractivity contribution in [1.82, 2.24) is 10.3 Å². The van der Waals surface area contributed by atoms with Gasteiger partial charge in [-0.3, -0.25) is 0 Å². The van der Waals surface area contributed by atoms with E-state index in [1.807, 2.05) is 24.3 Å². The Labute approximate surface area is 117 Å². The number of ether oxygens (including phenoxy) is 2. The SMILES string of the molecule is CNCc1cc(F)cnc1OCc1ccc(OC)cc1. The van der Waals surface area contributed by atoms with Crippen LogP contribution in [0.15, 0.2) is 36.5 Å². The Balaban J connectivity index is 2.05. The van der Waals surface area contributed by atoms with Gasteiger partial charge in [-0.1, -0.05) is 12.1 Å². The molecule has 0 spiro atoms. The third-order valence-electron chi connectivity index (χ3n) is 2.79. The number of hydrogen-bond donors (Lipinski definition) is 1. The molecule has 4 nitrogen and oxygen atoms in total. The zero-order valence-electron chi connectivity index (χ0n) is 11.5. The molecule has 0 saturated heterocycles. The van der Waals surface area contributed by atoms with E-state index in [2.05, 4.69) is 10.3 Å². The van der Waals surface area contributed by atoms with Crippen LogP contribution in [0.25, 0.3) is 0 Å². The van der Waals surface area contributed by atoms with Gasteiger partial charge in [-0.15, -0.1) is 0 Å². The molecule has 0 aliphatic rings. The van der Waals surface area contributed by atoms with Gasteiger partial charge in [0.2, 0.25) is 5.88 Å². The van der Waals surface area contributed by atoms with Gasteiger partial charge in [0.15, 0.2) is 0 Å². The summed E-state index contributed by atoms with van der Waals surface area (Å²) in [5, 5.41) is 2.96. The average molecular weight is 276 g/mol. The molecule has 1 N–H and O–H groups in total. The predicted octanol–water partition coefficient (Wildman–Crippen LogP) is 2.53. The summed E-state index contributed by atoms with van der Waals surface area (Å²) in [6, 6.07) is 8.99.